The quantitative estimate of drug-likeness (QED) is 0.437. The summed E-state index contributed by atoms with van der Waals surface area (Å²) in [5, 5.41) is 4.13. The predicted molar refractivity (Wildman–Crippen MR) is 83.8 cm³/mol. The van der Waals surface area contributed by atoms with E-state index in [-0.39, 0.29) is 0 Å². The minimum Gasteiger partial charge on any atom is -0.357 e. The number of para-hydroxylation sites is 1. The largest absolute Gasteiger partial charge is 0.357 e. The molecule has 0 atom stereocenters. The Morgan fingerprint density at radius 2 is 1.95 bits per heavy atom. The van der Waals surface area contributed by atoms with Crippen LogP contribution in [0.5, 0.6) is 5.75 Å². The van der Waals surface area contributed by atoms with Gasteiger partial charge in [0.1, 0.15) is 0 Å². The lowest BCUT2D eigenvalue weighted by atomic mass is 9.90. The van der Waals surface area contributed by atoms with Gasteiger partial charge in [-0.05, 0) is 38.3 Å². The average Bonchev–Trinajstić information content (AvgIpc) is 2.52. The van der Waals surface area contributed by atoms with E-state index < -0.39 is 0 Å². The molecule has 0 aromatic heterocycles. The molecule has 1 aliphatic carbocycles. The molecule has 0 amide bonds. The first-order chi connectivity index (χ1) is 9.84. The van der Waals surface area contributed by atoms with E-state index in [4.69, 9.17) is 4.84 Å². The predicted octanol–water partition coefficient (Wildman–Crippen LogP) is 4.81. The number of nitrogens with zero attached hydrogens (tertiary/aromatic N) is 1. The fourth-order valence-corrected chi connectivity index (χ4v) is 2.36. The standard InChI is InChI=1S/C18H23NO/c1-16(19-20-18-14-6-3-7-15-18)10-8-9-13-17-11-4-2-5-12-17/h3,6-7,14-15,17H,2,4-5,8,10-12H2,1H3/b19-16+. The maximum absolute atomic E-state index is 5.35. The highest BCUT2D eigenvalue weighted by molar-refractivity contribution is 5.81. The topological polar surface area (TPSA) is 21.6 Å². The first-order valence-corrected chi connectivity index (χ1v) is 7.58. The molecule has 2 rings (SSSR count). The van der Waals surface area contributed by atoms with Crippen LogP contribution in [0.15, 0.2) is 35.5 Å². The summed E-state index contributed by atoms with van der Waals surface area (Å²) in [5.41, 5.74) is 0.992. The van der Waals surface area contributed by atoms with Crippen molar-refractivity contribution in [3.05, 3.63) is 30.3 Å². The first-order valence-electron chi connectivity index (χ1n) is 7.58. The number of hydrogen-bond acceptors (Lipinski definition) is 2. The third-order valence-corrected chi connectivity index (χ3v) is 3.57. The van der Waals surface area contributed by atoms with Gasteiger partial charge in [0, 0.05) is 12.3 Å². The third-order valence-electron chi connectivity index (χ3n) is 3.57. The van der Waals surface area contributed by atoms with Gasteiger partial charge in [-0.25, -0.2) is 0 Å². The van der Waals surface area contributed by atoms with Gasteiger partial charge in [-0.15, -0.1) is 5.92 Å². The monoisotopic (exact) mass is 269 g/mol. The lowest BCUT2D eigenvalue weighted by Gasteiger charge is -2.15. The molecule has 0 aliphatic heterocycles. The molecule has 2 nitrogen and oxygen atoms in total. The first kappa shape index (κ1) is 14.7. The van der Waals surface area contributed by atoms with Crippen molar-refractivity contribution in [1.29, 1.82) is 0 Å². The van der Waals surface area contributed by atoms with Crippen LogP contribution >= 0.6 is 0 Å². The van der Waals surface area contributed by atoms with Gasteiger partial charge in [-0.1, -0.05) is 48.5 Å². The van der Waals surface area contributed by atoms with Gasteiger partial charge in [0.05, 0.1) is 5.71 Å². The van der Waals surface area contributed by atoms with Crippen LogP contribution in [0.1, 0.15) is 51.9 Å². The Bertz CT molecular complexity index is 475. The Morgan fingerprint density at radius 3 is 2.70 bits per heavy atom. The molecule has 0 heterocycles. The van der Waals surface area contributed by atoms with Crippen LogP contribution < -0.4 is 4.84 Å². The van der Waals surface area contributed by atoms with Crippen LogP contribution in [0.2, 0.25) is 0 Å². The summed E-state index contributed by atoms with van der Waals surface area (Å²) in [6.45, 7) is 1.99. The molecule has 1 aromatic rings. The molecule has 0 unspecified atom stereocenters. The van der Waals surface area contributed by atoms with Gasteiger partial charge >= 0.3 is 0 Å². The van der Waals surface area contributed by atoms with Crippen molar-refractivity contribution in [2.24, 2.45) is 11.1 Å². The van der Waals surface area contributed by atoms with Crippen molar-refractivity contribution < 1.29 is 4.84 Å². The molecule has 0 bridgehead atoms. The zero-order valence-corrected chi connectivity index (χ0v) is 12.3. The summed E-state index contributed by atoms with van der Waals surface area (Å²) >= 11 is 0. The van der Waals surface area contributed by atoms with Crippen molar-refractivity contribution >= 4 is 5.71 Å². The lowest BCUT2D eigenvalue weighted by molar-refractivity contribution is 0.339. The SMILES string of the molecule is C/C(CCC#CC1CCCCC1)=N\Oc1ccccc1. The molecule has 2 heteroatoms. The van der Waals surface area contributed by atoms with E-state index in [2.05, 4.69) is 17.0 Å². The highest BCUT2D eigenvalue weighted by Gasteiger charge is 2.09. The maximum Gasteiger partial charge on any atom is 0.157 e. The summed E-state index contributed by atoms with van der Waals surface area (Å²) in [6, 6.07) is 9.65. The van der Waals surface area contributed by atoms with Crippen LogP contribution in [0.3, 0.4) is 0 Å². The molecule has 1 fully saturated rings. The second-order valence-corrected chi connectivity index (χ2v) is 5.39. The van der Waals surface area contributed by atoms with Crippen LogP contribution in [-0.4, -0.2) is 5.71 Å². The zero-order valence-electron chi connectivity index (χ0n) is 12.3. The van der Waals surface area contributed by atoms with Gasteiger partial charge < -0.3 is 4.84 Å². The summed E-state index contributed by atoms with van der Waals surface area (Å²) < 4.78 is 0. The van der Waals surface area contributed by atoms with Crippen LogP contribution in [0.25, 0.3) is 0 Å². The highest BCUT2D eigenvalue weighted by Crippen LogP contribution is 2.22. The fraction of sp³-hybridized carbons (Fsp3) is 0.500. The molecular weight excluding hydrogens is 246 g/mol. The summed E-state index contributed by atoms with van der Waals surface area (Å²) in [7, 11) is 0. The van der Waals surface area contributed by atoms with Crippen molar-refractivity contribution in [3.8, 4) is 17.6 Å². The molecule has 0 radical (unpaired) electrons. The smallest absolute Gasteiger partial charge is 0.157 e. The highest BCUT2D eigenvalue weighted by atomic mass is 16.6. The Labute approximate surface area is 122 Å². The van der Waals surface area contributed by atoms with Gasteiger partial charge in [0.2, 0.25) is 0 Å². The fourth-order valence-electron chi connectivity index (χ4n) is 2.36. The van der Waals surface area contributed by atoms with Crippen molar-refractivity contribution in [1.82, 2.24) is 0 Å². The lowest BCUT2D eigenvalue weighted by Crippen LogP contribution is -2.03. The molecule has 0 N–H and O–H groups in total. The average molecular weight is 269 g/mol. The van der Waals surface area contributed by atoms with Gasteiger partial charge in [-0.3, -0.25) is 0 Å². The van der Waals surface area contributed by atoms with Gasteiger partial charge in [0.15, 0.2) is 5.75 Å². The normalized spacial score (nSPS) is 16.4. The Hall–Kier alpha value is -1.75. The molecule has 1 aromatic carbocycles. The number of benzene rings is 1. The summed E-state index contributed by atoms with van der Waals surface area (Å²) in [4.78, 5) is 5.35. The van der Waals surface area contributed by atoms with E-state index in [1.807, 2.05) is 37.3 Å². The number of hydrogen-bond donors (Lipinski definition) is 0. The minimum atomic E-state index is 0.640. The van der Waals surface area contributed by atoms with Crippen molar-refractivity contribution in [2.45, 2.75) is 51.9 Å². The number of oxime groups is 1. The van der Waals surface area contributed by atoms with Gasteiger partial charge in [0.25, 0.3) is 0 Å². The Morgan fingerprint density at radius 1 is 1.20 bits per heavy atom. The van der Waals surface area contributed by atoms with E-state index in [1.165, 1.54) is 32.1 Å². The molecular formula is C18H23NO. The van der Waals surface area contributed by atoms with Crippen LogP contribution in [0.4, 0.5) is 0 Å². The van der Waals surface area contributed by atoms with E-state index in [1.54, 1.807) is 0 Å². The minimum absolute atomic E-state index is 0.640. The molecule has 106 valence electrons. The molecule has 1 saturated carbocycles. The van der Waals surface area contributed by atoms with E-state index in [0.29, 0.717) is 5.92 Å². The zero-order chi connectivity index (χ0) is 14.0. The van der Waals surface area contributed by atoms with E-state index >= 15 is 0 Å². The van der Waals surface area contributed by atoms with Gasteiger partial charge in [-0.2, -0.15) is 0 Å². The van der Waals surface area contributed by atoms with Crippen LogP contribution in [-0.2, 0) is 0 Å². The Balaban J connectivity index is 1.69. The van der Waals surface area contributed by atoms with Crippen LogP contribution in [0, 0.1) is 17.8 Å². The van der Waals surface area contributed by atoms with E-state index in [0.717, 1.165) is 24.3 Å². The Kier molecular flexibility index (Phi) is 6.17. The third kappa shape index (κ3) is 5.48. The summed E-state index contributed by atoms with van der Waals surface area (Å²) in [5.74, 6) is 8.12. The second-order valence-electron chi connectivity index (χ2n) is 5.39. The second kappa shape index (κ2) is 8.43. The number of rotatable bonds is 4. The molecule has 1 aliphatic rings. The molecule has 20 heavy (non-hydrogen) atoms. The summed E-state index contributed by atoms with van der Waals surface area (Å²) in [6.07, 6.45) is 8.43. The van der Waals surface area contributed by atoms with E-state index in [9.17, 15) is 0 Å². The maximum atomic E-state index is 5.35. The van der Waals surface area contributed by atoms with Crippen molar-refractivity contribution in [3.63, 3.8) is 0 Å². The van der Waals surface area contributed by atoms with Crippen molar-refractivity contribution in [2.75, 3.05) is 0 Å². The molecule has 0 saturated heterocycles. The molecule has 0 spiro atoms.